The lowest BCUT2D eigenvalue weighted by molar-refractivity contribution is 0.189. The third-order valence-corrected chi connectivity index (χ3v) is 3.12. The van der Waals surface area contributed by atoms with E-state index >= 15 is 0 Å². The minimum atomic E-state index is 0.856. The second-order valence-electron chi connectivity index (χ2n) is 4.84. The quantitative estimate of drug-likeness (QED) is 0.562. The van der Waals surface area contributed by atoms with Crippen molar-refractivity contribution in [3.8, 4) is 0 Å². The van der Waals surface area contributed by atoms with Crippen LogP contribution in [0.25, 0.3) is 0 Å². The van der Waals surface area contributed by atoms with Crippen molar-refractivity contribution in [2.45, 2.75) is 33.6 Å². The molecule has 1 saturated heterocycles. The van der Waals surface area contributed by atoms with Crippen molar-refractivity contribution < 1.29 is 0 Å². The van der Waals surface area contributed by atoms with E-state index in [1.165, 1.54) is 25.9 Å². The van der Waals surface area contributed by atoms with Crippen LogP contribution in [0.15, 0.2) is 4.99 Å². The molecule has 1 unspecified atom stereocenters. The van der Waals surface area contributed by atoms with Gasteiger partial charge in [0.05, 0.1) is 6.54 Å². The Morgan fingerprint density at radius 2 is 2.00 bits per heavy atom. The summed E-state index contributed by atoms with van der Waals surface area (Å²) >= 11 is 0. The molecule has 0 saturated carbocycles. The maximum absolute atomic E-state index is 4.58. The molecule has 0 radical (unpaired) electrons. The van der Waals surface area contributed by atoms with Crippen molar-refractivity contribution in [2.75, 3.05) is 39.3 Å². The molecular weight excluding hydrogens is 212 g/mol. The molecule has 0 aromatic carbocycles. The van der Waals surface area contributed by atoms with Gasteiger partial charge in [-0.1, -0.05) is 6.92 Å². The standard InChI is InChI=1S/C13H28N4/c1-4-14-13(15-5-2)16-8-10-17-9-6-7-12(3)11-17/h12H,4-11H2,1-3H3,(H2,14,15,16). The number of aliphatic imine (C=N–C) groups is 1. The summed E-state index contributed by atoms with van der Waals surface area (Å²) in [6.07, 6.45) is 2.73. The lowest BCUT2D eigenvalue weighted by Gasteiger charge is -2.30. The summed E-state index contributed by atoms with van der Waals surface area (Å²) in [6, 6.07) is 0. The largest absolute Gasteiger partial charge is 0.357 e. The van der Waals surface area contributed by atoms with Gasteiger partial charge < -0.3 is 15.5 Å². The summed E-state index contributed by atoms with van der Waals surface area (Å²) in [5, 5.41) is 6.50. The highest BCUT2D eigenvalue weighted by Crippen LogP contribution is 2.14. The highest BCUT2D eigenvalue weighted by molar-refractivity contribution is 5.79. The molecule has 1 aliphatic rings. The molecular formula is C13H28N4. The number of likely N-dealkylation sites (tertiary alicyclic amines) is 1. The van der Waals surface area contributed by atoms with E-state index in [0.717, 1.165) is 38.1 Å². The number of rotatable bonds is 5. The summed E-state index contributed by atoms with van der Waals surface area (Å²) in [6.45, 7) is 12.9. The van der Waals surface area contributed by atoms with Crippen molar-refractivity contribution in [2.24, 2.45) is 10.9 Å². The Morgan fingerprint density at radius 3 is 2.59 bits per heavy atom. The Morgan fingerprint density at radius 1 is 1.29 bits per heavy atom. The number of piperidine rings is 1. The second-order valence-corrected chi connectivity index (χ2v) is 4.84. The normalized spacial score (nSPS) is 21.0. The lowest BCUT2D eigenvalue weighted by Crippen LogP contribution is -2.39. The molecule has 0 aliphatic carbocycles. The fourth-order valence-corrected chi connectivity index (χ4v) is 2.30. The minimum absolute atomic E-state index is 0.856. The molecule has 1 atom stereocenters. The molecule has 1 aliphatic heterocycles. The summed E-state index contributed by atoms with van der Waals surface area (Å²) in [5.41, 5.74) is 0. The molecule has 0 aromatic rings. The van der Waals surface area contributed by atoms with E-state index in [9.17, 15) is 0 Å². The van der Waals surface area contributed by atoms with Gasteiger partial charge >= 0.3 is 0 Å². The first-order chi connectivity index (χ1) is 8.26. The van der Waals surface area contributed by atoms with Crippen LogP contribution in [-0.2, 0) is 0 Å². The van der Waals surface area contributed by atoms with Crippen molar-refractivity contribution in [3.05, 3.63) is 0 Å². The number of nitrogens with zero attached hydrogens (tertiary/aromatic N) is 2. The smallest absolute Gasteiger partial charge is 0.191 e. The van der Waals surface area contributed by atoms with Crippen molar-refractivity contribution in [3.63, 3.8) is 0 Å². The molecule has 1 rings (SSSR count). The molecule has 100 valence electrons. The predicted octanol–water partition coefficient (Wildman–Crippen LogP) is 1.29. The van der Waals surface area contributed by atoms with Crippen molar-refractivity contribution >= 4 is 5.96 Å². The van der Waals surface area contributed by atoms with Crippen molar-refractivity contribution in [1.82, 2.24) is 15.5 Å². The third-order valence-electron chi connectivity index (χ3n) is 3.12. The molecule has 4 nitrogen and oxygen atoms in total. The molecule has 17 heavy (non-hydrogen) atoms. The Hall–Kier alpha value is -0.770. The van der Waals surface area contributed by atoms with Crippen molar-refractivity contribution in [1.29, 1.82) is 0 Å². The third kappa shape index (κ3) is 5.91. The Labute approximate surface area is 106 Å². The molecule has 0 spiro atoms. The Balaban J connectivity index is 2.25. The number of hydrogen-bond acceptors (Lipinski definition) is 2. The van der Waals surface area contributed by atoms with Crippen LogP contribution in [0.2, 0.25) is 0 Å². The maximum atomic E-state index is 4.58. The van der Waals surface area contributed by atoms with Crippen LogP contribution in [0.3, 0.4) is 0 Å². The number of guanidine groups is 1. The van der Waals surface area contributed by atoms with Crippen LogP contribution >= 0.6 is 0 Å². The van der Waals surface area contributed by atoms with Gasteiger partial charge in [0.1, 0.15) is 0 Å². The molecule has 4 heteroatoms. The van der Waals surface area contributed by atoms with Crippen LogP contribution in [0.5, 0.6) is 0 Å². The van der Waals surface area contributed by atoms with E-state index in [4.69, 9.17) is 0 Å². The van der Waals surface area contributed by atoms with Gasteiger partial charge in [-0.2, -0.15) is 0 Å². The van der Waals surface area contributed by atoms with Gasteiger partial charge in [-0.25, -0.2) is 0 Å². The van der Waals surface area contributed by atoms with Gasteiger partial charge in [-0.15, -0.1) is 0 Å². The second kappa shape index (κ2) is 8.34. The zero-order chi connectivity index (χ0) is 12.5. The first-order valence-electron chi connectivity index (χ1n) is 7.00. The first-order valence-corrected chi connectivity index (χ1v) is 7.00. The summed E-state index contributed by atoms with van der Waals surface area (Å²) in [5.74, 6) is 1.80. The van der Waals surface area contributed by atoms with Crippen LogP contribution in [0.4, 0.5) is 0 Å². The SMILES string of the molecule is CCNC(=NCCN1CCCC(C)C1)NCC. The maximum Gasteiger partial charge on any atom is 0.191 e. The molecule has 1 fully saturated rings. The number of nitrogens with one attached hydrogen (secondary N) is 2. The van der Waals surface area contributed by atoms with Crippen LogP contribution < -0.4 is 10.6 Å². The Kier molecular flexibility index (Phi) is 7.01. The van der Waals surface area contributed by atoms with Crippen LogP contribution in [0.1, 0.15) is 33.6 Å². The van der Waals surface area contributed by atoms with Gasteiger partial charge in [0.2, 0.25) is 0 Å². The predicted molar refractivity (Wildman–Crippen MR) is 74.5 cm³/mol. The monoisotopic (exact) mass is 240 g/mol. The first kappa shape index (κ1) is 14.3. The summed E-state index contributed by atoms with van der Waals surface area (Å²) in [4.78, 5) is 7.11. The van der Waals surface area contributed by atoms with E-state index in [0.29, 0.717) is 0 Å². The zero-order valence-electron chi connectivity index (χ0n) is 11.6. The molecule has 1 heterocycles. The van der Waals surface area contributed by atoms with Crippen LogP contribution in [0, 0.1) is 5.92 Å². The minimum Gasteiger partial charge on any atom is -0.357 e. The van der Waals surface area contributed by atoms with E-state index in [-0.39, 0.29) is 0 Å². The summed E-state index contributed by atoms with van der Waals surface area (Å²) < 4.78 is 0. The average molecular weight is 240 g/mol. The highest BCUT2D eigenvalue weighted by Gasteiger charge is 2.15. The highest BCUT2D eigenvalue weighted by atomic mass is 15.2. The lowest BCUT2D eigenvalue weighted by atomic mass is 10.0. The van der Waals surface area contributed by atoms with E-state index in [2.05, 4.69) is 41.3 Å². The number of hydrogen-bond donors (Lipinski definition) is 2. The molecule has 0 amide bonds. The van der Waals surface area contributed by atoms with Gasteiger partial charge in [0, 0.05) is 26.2 Å². The van der Waals surface area contributed by atoms with E-state index in [1.54, 1.807) is 0 Å². The Bertz CT molecular complexity index is 219. The topological polar surface area (TPSA) is 39.7 Å². The van der Waals surface area contributed by atoms with E-state index in [1.807, 2.05) is 0 Å². The van der Waals surface area contributed by atoms with Gasteiger partial charge in [0.15, 0.2) is 5.96 Å². The molecule has 2 N–H and O–H groups in total. The fraction of sp³-hybridized carbons (Fsp3) is 0.923. The zero-order valence-corrected chi connectivity index (χ0v) is 11.6. The average Bonchev–Trinajstić information content (AvgIpc) is 2.30. The summed E-state index contributed by atoms with van der Waals surface area (Å²) in [7, 11) is 0. The van der Waals surface area contributed by atoms with Gasteiger partial charge in [0.25, 0.3) is 0 Å². The molecule has 0 aromatic heterocycles. The fourth-order valence-electron chi connectivity index (χ4n) is 2.30. The van der Waals surface area contributed by atoms with Gasteiger partial charge in [-0.3, -0.25) is 4.99 Å². The van der Waals surface area contributed by atoms with E-state index < -0.39 is 0 Å². The van der Waals surface area contributed by atoms with Gasteiger partial charge in [-0.05, 0) is 39.2 Å². The molecule has 0 bridgehead atoms. The van der Waals surface area contributed by atoms with Crippen LogP contribution in [-0.4, -0.2) is 50.1 Å².